The molecule has 0 saturated carbocycles. The molecule has 1 aromatic carbocycles. The van der Waals surface area contributed by atoms with E-state index in [0.29, 0.717) is 11.1 Å². The van der Waals surface area contributed by atoms with Crippen molar-refractivity contribution in [2.75, 3.05) is 12.4 Å². The van der Waals surface area contributed by atoms with E-state index in [0.717, 1.165) is 18.7 Å². The molecule has 3 rings (SSSR count). The summed E-state index contributed by atoms with van der Waals surface area (Å²) in [7, 11) is 1.16. The lowest BCUT2D eigenvalue weighted by molar-refractivity contribution is -0.118. The minimum absolute atomic E-state index is 0.0130. The van der Waals surface area contributed by atoms with Gasteiger partial charge in [-0.05, 0) is 55.3 Å². The highest BCUT2D eigenvalue weighted by molar-refractivity contribution is 5.96. The molecule has 3 aromatic rings. The van der Waals surface area contributed by atoms with Gasteiger partial charge in [0, 0.05) is 22.8 Å². The molecule has 0 aliphatic rings. The number of hydrogen-bond acceptors (Lipinski definition) is 5. The number of hydrogen-bond donors (Lipinski definition) is 4. The van der Waals surface area contributed by atoms with Crippen LogP contribution in [0.1, 0.15) is 18.5 Å². The number of nitrogens with one attached hydrogen (secondary N) is 3. The second-order valence-corrected chi connectivity index (χ2v) is 7.44. The van der Waals surface area contributed by atoms with Gasteiger partial charge in [0.05, 0.1) is 13.7 Å². The molecule has 10 nitrogen and oxygen atoms in total. The highest BCUT2D eigenvalue weighted by Gasteiger charge is 2.21. The first-order chi connectivity index (χ1) is 16.3. The number of benzene rings is 1. The predicted octanol–water partition coefficient (Wildman–Crippen LogP) is 2.00. The minimum atomic E-state index is -1.03. The molecule has 0 bridgehead atoms. The molecule has 0 radical (unpaired) electrons. The number of methoxy groups -OCH3 is 1. The quantitative estimate of drug-likeness (QED) is 0.354. The Balaban J connectivity index is 1.75. The van der Waals surface area contributed by atoms with Crippen molar-refractivity contribution in [3.63, 3.8) is 0 Å². The number of allylic oxidation sites excluding steroid dienone is 1. The van der Waals surface area contributed by atoms with Crippen LogP contribution >= 0.6 is 0 Å². The van der Waals surface area contributed by atoms with Crippen LogP contribution in [0.2, 0.25) is 0 Å². The molecule has 0 saturated heterocycles. The zero-order chi connectivity index (χ0) is 24.7. The van der Waals surface area contributed by atoms with Crippen molar-refractivity contribution in [2.45, 2.75) is 25.4 Å². The van der Waals surface area contributed by atoms with E-state index >= 15 is 0 Å². The van der Waals surface area contributed by atoms with Crippen LogP contribution in [0.5, 0.6) is 0 Å². The standard InChI is InChI=1S/C23H24FN5O5/c1-34-23(33)28-18(5-2-3-7-20(25)30)21(31)27-19-6-4-10-29(22(19)32)13-16-12-14-11-15(24)8-9-17(14)26-16/h3-4,6-12,18,26H,2,5,13H2,1H3,(H2,25,30)(H,27,31)(H,28,33)/b7-3+. The second kappa shape index (κ2) is 10.9. The largest absolute Gasteiger partial charge is 0.453 e. The lowest BCUT2D eigenvalue weighted by Gasteiger charge is -2.17. The van der Waals surface area contributed by atoms with Gasteiger partial charge >= 0.3 is 6.09 Å². The van der Waals surface area contributed by atoms with Gasteiger partial charge in [-0.1, -0.05) is 6.08 Å². The molecule has 34 heavy (non-hydrogen) atoms. The summed E-state index contributed by atoms with van der Waals surface area (Å²) < 4.78 is 19.4. The third kappa shape index (κ3) is 6.31. The molecule has 1 atom stereocenters. The topological polar surface area (TPSA) is 148 Å². The first-order valence-electron chi connectivity index (χ1n) is 10.3. The molecule has 2 heterocycles. The molecule has 0 spiro atoms. The first-order valence-corrected chi connectivity index (χ1v) is 10.3. The molecule has 11 heteroatoms. The summed E-state index contributed by atoms with van der Waals surface area (Å²) in [6.07, 6.45) is 3.77. The van der Waals surface area contributed by atoms with E-state index in [1.54, 1.807) is 24.4 Å². The van der Waals surface area contributed by atoms with E-state index in [4.69, 9.17) is 5.73 Å². The van der Waals surface area contributed by atoms with Crippen LogP contribution in [0.3, 0.4) is 0 Å². The number of carbonyl (C=O) groups excluding carboxylic acids is 3. The molecule has 0 aliphatic heterocycles. The summed E-state index contributed by atoms with van der Waals surface area (Å²) in [5.41, 5.74) is 5.99. The van der Waals surface area contributed by atoms with E-state index in [9.17, 15) is 23.6 Å². The average molecular weight is 469 g/mol. The molecule has 0 aliphatic carbocycles. The van der Waals surface area contributed by atoms with Gasteiger partial charge in [0.25, 0.3) is 5.56 Å². The monoisotopic (exact) mass is 469 g/mol. The summed E-state index contributed by atoms with van der Waals surface area (Å²) in [5.74, 6) is -1.62. The number of nitrogens with two attached hydrogens (primary N) is 1. The third-order valence-electron chi connectivity index (χ3n) is 4.96. The lowest BCUT2D eigenvalue weighted by atomic mass is 10.1. The van der Waals surface area contributed by atoms with E-state index in [1.807, 2.05) is 0 Å². The van der Waals surface area contributed by atoms with Crippen LogP contribution in [-0.2, 0) is 20.9 Å². The number of amides is 3. The number of alkyl carbamates (subject to hydrolysis) is 1. The van der Waals surface area contributed by atoms with Crippen molar-refractivity contribution in [1.29, 1.82) is 0 Å². The lowest BCUT2D eigenvalue weighted by Crippen LogP contribution is -2.44. The van der Waals surface area contributed by atoms with Gasteiger partial charge in [0.2, 0.25) is 11.8 Å². The molecule has 5 N–H and O–H groups in total. The summed E-state index contributed by atoms with van der Waals surface area (Å²) in [6.45, 7) is 0.167. The number of rotatable bonds is 9. The van der Waals surface area contributed by atoms with E-state index < -0.39 is 29.5 Å². The normalized spacial score (nSPS) is 11.9. The summed E-state index contributed by atoms with van der Waals surface area (Å²) in [5, 5.41) is 5.61. The number of pyridine rings is 1. The summed E-state index contributed by atoms with van der Waals surface area (Å²) >= 11 is 0. The Morgan fingerprint density at radius 2 is 2.06 bits per heavy atom. The number of fused-ring (bicyclic) bond motifs is 1. The van der Waals surface area contributed by atoms with E-state index in [-0.39, 0.29) is 30.9 Å². The average Bonchev–Trinajstić information content (AvgIpc) is 3.19. The maximum absolute atomic E-state index is 13.4. The van der Waals surface area contributed by atoms with E-state index in [2.05, 4.69) is 20.4 Å². The van der Waals surface area contributed by atoms with E-state index in [1.165, 1.54) is 28.8 Å². The number of halogens is 1. The molecule has 178 valence electrons. The number of primary amides is 1. The van der Waals surface area contributed by atoms with Gasteiger partial charge in [-0.3, -0.25) is 14.4 Å². The Morgan fingerprint density at radius 3 is 2.79 bits per heavy atom. The van der Waals surface area contributed by atoms with Crippen molar-refractivity contribution in [3.8, 4) is 0 Å². The number of nitrogens with zero attached hydrogens (tertiary/aromatic N) is 1. The van der Waals surface area contributed by atoms with Crippen LogP contribution < -0.4 is 21.9 Å². The van der Waals surface area contributed by atoms with Crippen LogP contribution in [0.15, 0.2) is 59.5 Å². The van der Waals surface area contributed by atoms with Crippen molar-refractivity contribution < 1.29 is 23.5 Å². The Kier molecular flexibility index (Phi) is 7.80. The smallest absolute Gasteiger partial charge is 0.407 e. The fourth-order valence-corrected chi connectivity index (χ4v) is 3.34. The summed E-state index contributed by atoms with van der Waals surface area (Å²) in [6, 6.07) is 8.10. The summed E-state index contributed by atoms with van der Waals surface area (Å²) in [4.78, 5) is 51.3. The first kappa shape index (κ1) is 24.2. The van der Waals surface area contributed by atoms with Crippen LogP contribution in [0, 0.1) is 5.82 Å². The number of aromatic amines is 1. The van der Waals surface area contributed by atoms with Gasteiger partial charge < -0.3 is 30.7 Å². The van der Waals surface area contributed by atoms with Gasteiger partial charge in [0.15, 0.2) is 0 Å². The molecule has 0 fully saturated rings. The highest BCUT2D eigenvalue weighted by Crippen LogP contribution is 2.17. The number of carbonyl (C=O) groups is 3. The van der Waals surface area contributed by atoms with Crippen molar-refractivity contribution in [2.24, 2.45) is 5.73 Å². The Hall–Kier alpha value is -4.41. The number of H-pyrrole nitrogens is 1. The maximum atomic E-state index is 13.4. The van der Waals surface area contributed by atoms with Crippen molar-refractivity contribution >= 4 is 34.5 Å². The number of ether oxygens (including phenoxy) is 1. The molecule has 2 aromatic heterocycles. The molecular formula is C23H24FN5O5. The zero-order valence-electron chi connectivity index (χ0n) is 18.3. The van der Waals surface area contributed by atoms with Crippen LogP contribution in [0.4, 0.5) is 14.9 Å². The molecule has 3 amide bonds. The van der Waals surface area contributed by atoms with Gasteiger partial charge in [-0.25, -0.2) is 9.18 Å². The number of aromatic nitrogens is 2. The highest BCUT2D eigenvalue weighted by atomic mass is 19.1. The van der Waals surface area contributed by atoms with Gasteiger partial charge in [-0.2, -0.15) is 0 Å². The number of anilines is 1. The second-order valence-electron chi connectivity index (χ2n) is 7.44. The molecular weight excluding hydrogens is 445 g/mol. The third-order valence-corrected chi connectivity index (χ3v) is 4.96. The van der Waals surface area contributed by atoms with Crippen molar-refractivity contribution in [1.82, 2.24) is 14.9 Å². The van der Waals surface area contributed by atoms with Crippen molar-refractivity contribution in [3.05, 3.63) is 76.6 Å². The van der Waals surface area contributed by atoms with Gasteiger partial charge in [-0.15, -0.1) is 0 Å². The SMILES string of the molecule is COC(=O)NC(CC/C=C/C(N)=O)C(=O)Nc1cccn(Cc2cc3cc(F)ccc3[nH]2)c1=O. The Bertz CT molecular complexity index is 1300. The fourth-order valence-electron chi connectivity index (χ4n) is 3.34. The maximum Gasteiger partial charge on any atom is 0.407 e. The van der Waals surface area contributed by atoms with Crippen LogP contribution in [0.25, 0.3) is 10.9 Å². The zero-order valence-corrected chi connectivity index (χ0v) is 18.3. The molecule has 1 unspecified atom stereocenters. The Morgan fingerprint density at radius 1 is 1.26 bits per heavy atom. The predicted molar refractivity (Wildman–Crippen MR) is 124 cm³/mol. The Labute approximate surface area is 193 Å². The minimum Gasteiger partial charge on any atom is -0.453 e. The fraction of sp³-hybridized carbons (Fsp3) is 0.217. The van der Waals surface area contributed by atoms with Gasteiger partial charge in [0.1, 0.15) is 17.5 Å². The van der Waals surface area contributed by atoms with Crippen LogP contribution in [-0.4, -0.2) is 40.6 Å².